The Bertz CT molecular complexity index is 1380. The van der Waals surface area contributed by atoms with E-state index in [0.717, 1.165) is 4.90 Å². The number of benzene rings is 2. The number of ether oxygens (including phenoxy) is 1. The van der Waals surface area contributed by atoms with Crippen molar-refractivity contribution in [1.82, 2.24) is 14.5 Å². The zero-order valence-electron chi connectivity index (χ0n) is 18.7. The van der Waals surface area contributed by atoms with Crippen molar-refractivity contribution in [3.05, 3.63) is 58.9 Å². The number of hydrogen-bond donors (Lipinski definition) is 0. The van der Waals surface area contributed by atoms with Crippen molar-refractivity contribution >= 4 is 16.9 Å². The molecule has 0 saturated heterocycles. The van der Waals surface area contributed by atoms with Crippen LogP contribution >= 0.6 is 0 Å². The van der Waals surface area contributed by atoms with Gasteiger partial charge in [-0.3, -0.25) is 4.79 Å². The van der Waals surface area contributed by atoms with Gasteiger partial charge in [-0.05, 0) is 36.3 Å². The van der Waals surface area contributed by atoms with E-state index in [0.29, 0.717) is 11.0 Å². The molecule has 9 heteroatoms. The molecule has 158 valence electrons. The minimum absolute atomic E-state index is 0.0615. The molecule has 2 atom stereocenters. The summed E-state index contributed by atoms with van der Waals surface area (Å²) in [4.78, 5) is 18.6. The van der Waals surface area contributed by atoms with Gasteiger partial charge < -0.3 is 14.2 Å². The molecule has 1 amide bonds. The first-order chi connectivity index (χ1) is 16.1. The van der Waals surface area contributed by atoms with E-state index in [-0.39, 0.29) is 34.7 Å². The molecule has 0 radical (unpaired) electrons. The number of rotatable bonds is 2. The van der Waals surface area contributed by atoms with Crippen LogP contribution in [0.4, 0.5) is 17.6 Å². The lowest BCUT2D eigenvalue weighted by molar-refractivity contribution is -0.0507. The number of carbonyl (C=O) groups is 1. The van der Waals surface area contributed by atoms with Crippen molar-refractivity contribution in [1.29, 1.82) is 0 Å². The van der Waals surface area contributed by atoms with Gasteiger partial charge >= 0.3 is 6.61 Å². The van der Waals surface area contributed by atoms with Gasteiger partial charge in [0.15, 0.2) is 0 Å². The van der Waals surface area contributed by atoms with E-state index in [1.165, 1.54) is 30.3 Å². The number of alkyl halides is 4. The van der Waals surface area contributed by atoms with Gasteiger partial charge in [0.25, 0.3) is 12.3 Å². The highest BCUT2D eigenvalue weighted by molar-refractivity contribution is 5.97. The highest BCUT2D eigenvalue weighted by Gasteiger charge is 2.44. The van der Waals surface area contributed by atoms with Crippen LogP contribution in [0.5, 0.6) is 5.75 Å². The molecule has 2 bridgehead atoms. The maximum absolute atomic E-state index is 13.3. The maximum Gasteiger partial charge on any atom is 0.387 e. The smallest absolute Gasteiger partial charge is 0.387 e. The lowest BCUT2D eigenvalue weighted by atomic mass is 9.97. The van der Waals surface area contributed by atoms with Crippen LogP contribution in [0.2, 0.25) is 0 Å². The third-order valence-electron chi connectivity index (χ3n) is 5.47. The fraction of sp³-hybridized carbons (Fsp3) is 0.273. The number of aromatic nitrogens is 2. The highest BCUT2D eigenvalue weighted by atomic mass is 19.3. The molecule has 5 nitrogen and oxygen atoms in total. The minimum atomic E-state index is -3.17. The van der Waals surface area contributed by atoms with E-state index in [4.69, 9.17) is 8.85 Å². The molecule has 3 heterocycles. The lowest BCUT2D eigenvalue weighted by Crippen LogP contribution is -2.30. The fourth-order valence-corrected chi connectivity index (χ4v) is 4.32. The van der Waals surface area contributed by atoms with Gasteiger partial charge in [-0.2, -0.15) is 17.6 Å². The second-order valence-corrected chi connectivity index (χ2v) is 7.15. The third kappa shape index (κ3) is 3.02. The molecule has 2 aliphatic rings. The Morgan fingerprint density at radius 1 is 1.23 bits per heavy atom. The molecule has 5 rings (SSSR count). The molecule has 0 fully saturated rings. The average Bonchev–Trinajstić information content (AvgIpc) is 3.24. The zero-order chi connectivity index (χ0) is 24.4. The summed E-state index contributed by atoms with van der Waals surface area (Å²) in [6, 6.07) is 6.83. The van der Waals surface area contributed by atoms with Crippen molar-refractivity contribution in [2.24, 2.45) is 0 Å². The average molecular weight is 432 g/mol. The molecule has 1 aromatic heterocycles. The summed E-state index contributed by atoms with van der Waals surface area (Å²) in [6.45, 7) is -6.01. The second kappa shape index (κ2) is 7.01. The van der Waals surface area contributed by atoms with Crippen molar-refractivity contribution in [2.45, 2.75) is 31.5 Å². The summed E-state index contributed by atoms with van der Waals surface area (Å²) < 4.78 is 81.8. The Balaban J connectivity index is 1.79. The van der Waals surface area contributed by atoms with Gasteiger partial charge in [0.05, 0.1) is 23.1 Å². The van der Waals surface area contributed by atoms with E-state index in [1.807, 2.05) is 0 Å². The lowest BCUT2D eigenvalue weighted by Gasteiger charge is -2.24. The number of nitrogens with zero attached hydrogens (tertiary/aromatic N) is 3. The number of imidazole rings is 1. The quantitative estimate of drug-likeness (QED) is 0.446. The van der Waals surface area contributed by atoms with Crippen LogP contribution in [-0.2, 0) is 0 Å². The molecule has 2 aliphatic heterocycles. The molecule has 2 aromatic carbocycles. The summed E-state index contributed by atoms with van der Waals surface area (Å²) in [6.07, 6.45) is -2.76. The van der Waals surface area contributed by atoms with Gasteiger partial charge in [-0.1, -0.05) is 12.0 Å². The van der Waals surface area contributed by atoms with Gasteiger partial charge in [0.1, 0.15) is 11.6 Å². The van der Waals surface area contributed by atoms with E-state index in [1.54, 1.807) is 16.6 Å². The monoisotopic (exact) mass is 432 g/mol. The number of fused-ring (bicyclic) bond motifs is 9. The van der Waals surface area contributed by atoms with Crippen LogP contribution in [0, 0.1) is 11.8 Å². The summed E-state index contributed by atoms with van der Waals surface area (Å²) in [5.74, 6) is 3.30. The standard InChI is InChI=1S/C22H15F4N3O2/c1-28-16-10-15(19-12(21(28)30)3-2-4-17(19)31-22(25)26)29-14-9-11(6-8-18(23)24)5-7-13(14)27-20(16)29/h2-5,7,9,15-16,18,22H,10H2,1H3/t15-,16-/m1/s1/i1D3. The highest BCUT2D eigenvalue weighted by Crippen LogP contribution is 2.49. The van der Waals surface area contributed by atoms with Crippen LogP contribution in [0.25, 0.3) is 11.0 Å². The Morgan fingerprint density at radius 2 is 2.06 bits per heavy atom. The second-order valence-electron chi connectivity index (χ2n) is 7.15. The normalized spacial score (nSPS) is 21.2. The van der Waals surface area contributed by atoms with Crippen LogP contribution < -0.4 is 4.74 Å². The summed E-state index contributed by atoms with van der Waals surface area (Å²) in [5.41, 5.74) is 1.19. The van der Waals surface area contributed by atoms with Crippen LogP contribution in [0.1, 0.15) is 49.9 Å². The van der Waals surface area contributed by atoms with Crippen molar-refractivity contribution in [2.75, 3.05) is 6.98 Å². The van der Waals surface area contributed by atoms with Gasteiger partial charge in [0, 0.05) is 34.2 Å². The Hall–Kier alpha value is -3.54. The predicted octanol–water partition coefficient (Wildman–Crippen LogP) is 4.37. The molecule has 3 aromatic rings. The topological polar surface area (TPSA) is 47.4 Å². The van der Waals surface area contributed by atoms with Gasteiger partial charge in [-0.25, -0.2) is 4.98 Å². The predicted molar refractivity (Wildman–Crippen MR) is 103 cm³/mol. The van der Waals surface area contributed by atoms with Crippen molar-refractivity contribution in [3.63, 3.8) is 0 Å². The van der Waals surface area contributed by atoms with Crippen LogP contribution in [-0.4, -0.2) is 40.4 Å². The van der Waals surface area contributed by atoms with E-state index in [2.05, 4.69) is 10.9 Å². The molecular weight excluding hydrogens is 414 g/mol. The SMILES string of the molecule is [2H]C([2H])([2H])N1C(=O)c2cccc(OC(F)F)c2[C@H]2C[C@@H]1c1nc3ccc(C#CC(F)F)cc3n12. The minimum Gasteiger partial charge on any atom is -0.434 e. The third-order valence-corrected chi connectivity index (χ3v) is 5.47. The molecule has 31 heavy (non-hydrogen) atoms. The van der Waals surface area contributed by atoms with Crippen molar-refractivity contribution in [3.8, 4) is 17.6 Å². The van der Waals surface area contributed by atoms with Gasteiger partial charge in [0.2, 0.25) is 0 Å². The first-order valence-electron chi connectivity index (χ1n) is 10.8. The molecule has 0 unspecified atom stereocenters. The number of carbonyl (C=O) groups excluding carboxylic acids is 1. The molecule has 0 spiro atoms. The Kier molecular flexibility index (Phi) is 3.66. The first kappa shape index (κ1) is 16.2. The molecular formula is C22H15F4N3O2. The van der Waals surface area contributed by atoms with Crippen molar-refractivity contribution < 1.29 is 31.2 Å². The summed E-state index contributed by atoms with van der Waals surface area (Å²) >= 11 is 0. The van der Waals surface area contributed by atoms with Crippen LogP contribution in [0.15, 0.2) is 36.4 Å². The maximum atomic E-state index is 13.3. The number of halogens is 4. The summed E-state index contributed by atoms with van der Waals surface area (Å²) in [5, 5.41) is 0. The van der Waals surface area contributed by atoms with E-state index < -0.39 is 38.0 Å². The largest absolute Gasteiger partial charge is 0.434 e. The Labute approximate surface area is 178 Å². The number of amides is 1. The zero-order valence-corrected chi connectivity index (χ0v) is 15.7. The molecule has 0 saturated carbocycles. The van der Waals surface area contributed by atoms with Gasteiger partial charge in [-0.15, -0.1) is 0 Å². The van der Waals surface area contributed by atoms with Crippen LogP contribution in [0.3, 0.4) is 0 Å². The fourth-order valence-electron chi connectivity index (χ4n) is 4.32. The first-order valence-corrected chi connectivity index (χ1v) is 9.29. The molecule has 0 N–H and O–H groups in total. The van der Waals surface area contributed by atoms with E-state index in [9.17, 15) is 22.4 Å². The van der Waals surface area contributed by atoms with E-state index >= 15 is 0 Å². The number of hydrogen-bond acceptors (Lipinski definition) is 3. The Morgan fingerprint density at radius 3 is 2.81 bits per heavy atom. The molecule has 0 aliphatic carbocycles. The summed E-state index contributed by atoms with van der Waals surface area (Å²) in [7, 11) is 0.